The van der Waals surface area contributed by atoms with Crippen LogP contribution in [0.5, 0.6) is 0 Å². The molecule has 2 rings (SSSR count). The lowest BCUT2D eigenvalue weighted by molar-refractivity contribution is 0.223. The summed E-state index contributed by atoms with van der Waals surface area (Å²) in [7, 11) is -1.85. The molecule has 98 valence electrons. The van der Waals surface area contributed by atoms with Gasteiger partial charge in [-0.25, -0.2) is 17.5 Å². The third-order valence-corrected chi connectivity index (χ3v) is 5.44. The highest BCUT2D eigenvalue weighted by atomic mass is 32.2. The summed E-state index contributed by atoms with van der Waals surface area (Å²) in [6.07, 6.45) is 0.543. The van der Waals surface area contributed by atoms with Crippen molar-refractivity contribution in [3.05, 3.63) is 30.3 Å². The number of rotatable bonds is 2. The van der Waals surface area contributed by atoms with Crippen LogP contribution in [0.1, 0.15) is 13.3 Å². The maximum atomic E-state index is 12.1. The molecule has 0 bridgehead atoms. The first-order chi connectivity index (χ1) is 8.48. The molecular weight excluding hydrogens is 252 g/mol. The first-order valence-electron chi connectivity index (χ1n) is 5.82. The molecule has 0 saturated carbocycles. The Morgan fingerprint density at radius 3 is 2.50 bits per heavy atom. The second-order valence-electron chi connectivity index (χ2n) is 4.28. The van der Waals surface area contributed by atoms with Gasteiger partial charge >= 0.3 is 6.03 Å². The molecule has 1 aliphatic rings. The summed E-state index contributed by atoms with van der Waals surface area (Å²) in [5.74, 6) is 0. The van der Waals surface area contributed by atoms with E-state index < -0.39 is 21.3 Å². The second-order valence-corrected chi connectivity index (χ2v) is 6.42. The minimum atomic E-state index is -3.42. The van der Waals surface area contributed by atoms with Crippen LogP contribution < -0.4 is 4.90 Å². The highest BCUT2D eigenvalue weighted by Crippen LogP contribution is 2.27. The fourth-order valence-electron chi connectivity index (χ4n) is 1.93. The Kier molecular flexibility index (Phi) is 3.30. The van der Waals surface area contributed by atoms with Gasteiger partial charge in [0.2, 0.25) is 10.0 Å². The Morgan fingerprint density at radius 1 is 1.39 bits per heavy atom. The Bertz CT molecular complexity index is 542. The van der Waals surface area contributed by atoms with Crippen LogP contribution in [0.25, 0.3) is 0 Å². The summed E-state index contributed by atoms with van der Waals surface area (Å²) >= 11 is 0. The number of anilines is 1. The first kappa shape index (κ1) is 12.9. The van der Waals surface area contributed by atoms with Crippen molar-refractivity contribution in [3.63, 3.8) is 0 Å². The fourth-order valence-corrected chi connectivity index (χ4v) is 3.52. The minimum Gasteiger partial charge on any atom is -0.297 e. The molecule has 1 aromatic carbocycles. The van der Waals surface area contributed by atoms with Crippen LogP contribution in [0, 0.1) is 0 Å². The van der Waals surface area contributed by atoms with E-state index in [2.05, 4.69) is 0 Å². The summed E-state index contributed by atoms with van der Waals surface area (Å²) in [4.78, 5) is 13.4. The van der Waals surface area contributed by atoms with Gasteiger partial charge in [0.25, 0.3) is 0 Å². The molecule has 0 N–H and O–H groups in total. The lowest BCUT2D eigenvalue weighted by Gasteiger charge is -2.39. The standard InChI is InChI=1S/C12H16N2O3S/c1-3-11-9-14(18(11,16)17)12(15)13(2)10-7-5-4-6-8-10/h4-8,11H,3,9H2,1-2H3. The van der Waals surface area contributed by atoms with Gasteiger partial charge in [-0.2, -0.15) is 0 Å². The summed E-state index contributed by atoms with van der Waals surface area (Å²) in [6.45, 7) is 2.10. The monoisotopic (exact) mass is 268 g/mol. The Labute approximate surface area is 107 Å². The number of sulfonamides is 1. The van der Waals surface area contributed by atoms with Crippen molar-refractivity contribution in [1.82, 2.24) is 4.31 Å². The van der Waals surface area contributed by atoms with Crippen molar-refractivity contribution < 1.29 is 13.2 Å². The van der Waals surface area contributed by atoms with E-state index in [1.807, 2.05) is 13.0 Å². The van der Waals surface area contributed by atoms with Crippen LogP contribution >= 0.6 is 0 Å². The summed E-state index contributed by atoms with van der Waals surface area (Å²) in [5, 5.41) is -0.411. The van der Waals surface area contributed by atoms with E-state index in [0.29, 0.717) is 12.1 Å². The molecular formula is C12H16N2O3S. The molecule has 1 aliphatic heterocycles. The van der Waals surface area contributed by atoms with Crippen molar-refractivity contribution in [2.45, 2.75) is 18.6 Å². The number of amides is 2. The van der Waals surface area contributed by atoms with Gasteiger partial charge in [-0.15, -0.1) is 0 Å². The summed E-state index contributed by atoms with van der Waals surface area (Å²) in [5.41, 5.74) is 0.678. The molecule has 1 aromatic rings. The highest BCUT2D eigenvalue weighted by Gasteiger charge is 2.47. The van der Waals surface area contributed by atoms with Crippen molar-refractivity contribution >= 4 is 21.7 Å². The van der Waals surface area contributed by atoms with Crippen molar-refractivity contribution in [3.8, 4) is 0 Å². The van der Waals surface area contributed by atoms with Gasteiger partial charge in [-0.05, 0) is 18.6 Å². The number of para-hydroxylation sites is 1. The van der Waals surface area contributed by atoms with Crippen LogP contribution in [-0.2, 0) is 10.0 Å². The quantitative estimate of drug-likeness (QED) is 0.819. The van der Waals surface area contributed by atoms with Gasteiger partial charge in [0, 0.05) is 12.7 Å². The lowest BCUT2D eigenvalue weighted by atomic mass is 10.3. The van der Waals surface area contributed by atoms with Gasteiger partial charge in [-0.3, -0.25) is 4.90 Å². The van der Waals surface area contributed by atoms with Crippen LogP contribution in [-0.4, -0.2) is 37.6 Å². The summed E-state index contributed by atoms with van der Waals surface area (Å²) in [6, 6.07) is 8.49. The molecule has 1 fully saturated rings. The molecule has 0 aliphatic carbocycles. The topological polar surface area (TPSA) is 57.7 Å². The van der Waals surface area contributed by atoms with Crippen LogP contribution in [0.15, 0.2) is 30.3 Å². The Balaban J connectivity index is 2.15. The molecule has 1 saturated heterocycles. The van der Waals surface area contributed by atoms with E-state index in [1.165, 1.54) is 4.90 Å². The van der Waals surface area contributed by atoms with Gasteiger partial charge in [-0.1, -0.05) is 25.1 Å². The van der Waals surface area contributed by atoms with Gasteiger partial charge < -0.3 is 0 Å². The Hall–Kier alpha value is -1.56. The smallest absolute Gasteiger partial charge is 0.297 e. The number of benzene rings is 1. The largest absolute Gasteiger partial charge is 0.337 e. The van der Waals surface area contributed by atoms with Crippen LogP contribution in [0.3, 0.4) is 0 Å². The molecule has 6 heteroatoms. The zero-order valence-electron chi connectivity index (χ0n) is 10.4. The van der Waals surface area contributed by atoms with Crippen LogP contribution in [0.4, 0.5) is 10.5 Å². The molecule has 2 amide bonds. The molecule has 1 heterocycles. The zero-order valence-corrected chi connectivity index (χ0v) is 11.2. The molecule has 5 nitrogen and oxygen atoms in total. The van der Waals surface area contributed by atoms with E-state index in [4.69, 9.17) is 0 Å². The predicted octanol–water partition coefficient (Wildman–Crippen LogP) is 1.67. The average molecular weight is 268 g/mol. The lowest BCUT2D eigenvalue weighted by Crippen LogP contribution is -2.60. The number of carbonyl (C=O) groups excluding carboxylic acids is 1. The van der Waals surface area contributed by atoms with Gasteiger partial charge in [0.05, 0.1) is 11.8 Å². The SMILES string of the molecule is CCC1CN(C(=O)N(C)c2ccccc2)S1(=O)=O. The highest BCUT2D eigenvalue weighted by molar-refractivity contribution is 7.91. The molecule has 1 unspecified atom stereocenters. The number of hydrogen-bond acceptors (Lipinski definition) is 3. The normalized spacial score (nSPS) is 21.2. The third kappa shape index (κ3) is 1.96. The van der Waals surface area contributed by atoms with E-state index in [-0.39, 0.29) is 6.54 Å². The zero-order chi connectivity index (χ0) is 13.3. The minimum absolute atomic E-state index is 0.287. The number of hydrogen-bond donors (Lipinski definition) is 0. The van der Waals surface area contributed by atoms with Crippen LogP contribution in [0.2, 0.25) is 0 Å². The van der Waals surface area contributed by atoms with E-state index in [9.17, 15) is 13.2 Å². The fraction of sp³-hybridized carbons (Fsp3) is 0.417. The van der Waals surface area contributed by atoms with E-state index in [0.717, 1.165) is 4.31 Å². The maximum Gasteiger partial charge on any atom is 0.337 e. The molecule has 0 spiro atoms. The van der Waals surface area contributed by atoms with Crippen molar-refractivity contribution in [2.75, 3.05) is 18.5 Å². The predicted molar refractivity (Wildman–Crippen MR) is 69.9 cm³/mol. The van der Waals surface area contributed by atoms with E-state index >= 15 is 0 Å². The summed E-state index contributed by atoms with van der Waals surface area (Å²) < 4.78 is 24.6. The average Bonchev–Trinajstić information content (AvgIpc) is 2.38. The molecule has 0 radical (unpaired) electrons. The van der Waals surface area contributed by atoms with Gasteiger partial charge in [0.1, 0.15) is 0 Å². The number of nitrogens with zero attached hydrogens (tertiary/aromatic N) is 2. The second kappa shape index (κ2) is 4.61. The first-order valence-corrected chi connectivity index (χ1v) is 7.33. The molecule has 18 heavy (non-hydrogen) atoms. The van der Waals surface area contributed by atoms with Crippen molar-refractivity contribution in [2.24, 2.45) is 0 Å². The van der Waals surface area contributed by atoms with Crippen molar-refractivity contribution in [1.29, 1.82) is 0 Å². The maximum absolute atomic E-state index is 12.1. The third-order valence-electron chi connectivity index (χ3n) is 3.20. The number of carbonyl (C=O) groups is 1. The molecule has 0 aromatic heterocycles. The van der Waals surface area contributed by atoms with Gasteiger partial charge in [0.15, 0.2) is 0 Å². The number of urea groups is 1. The van der Waals surface area contributed by atoms with E-state index in [1.54, 1.807) is 31.3 Å². The molecule has 1 atom stereocenters. The Morgan fingerprint density at radius 2 is 2.00 bits per heavy atom.